The van der Waals surface area contributed by atoms with Gasteiger partial charge in [-0.05, 0) is 50.1 Å². The van der Waals surface area contributed by atoms with Crippen molar-refractivity contribution in [1.82, 2.24) is 4.90 Å². The van der Waals surface area contributed by atoms with Crippen molar-refractivity contribution in [2.24, 2.45) is 0 Å². The molecule has 2 unspecified atom stereocenters. The summed E-state index contributed by atoms with van der Waals surface area (Å²) in [5.41, 5.74) is 0.637. The number of carbonyl (C=O) groups is 1. The first-order chi connectivity index (χ1) is 13.3. The summed E-state index contributed by atoms with van der Waals surface area (Å²) >= 11 is 0. The van der Waals surface area contributed by atoms with Crippen LogP contribution in [0.15, 0.2) is 54.6 Å². The Morgan fingerprint density at radius 3 is 2.43 bits per heavy atom. The van der Waals surface area contributed by atoms with E-state index in [9.17, 15) is 18.0 Å². The minimum atomic E-state index is -4.41. The van der Waals surface area contributed by atoms with Crippen LogP contribution >= 0.6 is 0 Å². The average molecular weight is 392 g/mol. The number of carboxylic acid groups (broad SMARTS) is 1. The van der Waals surface area contributed by atoms with Crippen LogP contribution in [0.3, 0.4) is 0 Å². The highest BCUT2D eigenvalue weighted by Crippen LogP contribution is 2.37. The van der Waals surface area contributed by atoms with Crippen LogP contribution in [0.2, 0.25) is 0 Å². The van der Waals surface area contributed by atoms with Crippen molar-refractivity contribution in [3.8, 4) is 0 Å². The number of carboxylic acids is 1. The number of halogens is 3. The van der Waals surface area contributed by atoms with Crippen LogP contribution in [-0.2, 0) is 11.0 Å². The normalized spacial score (nSPS) is 20.7. The summed E-state index contributed by atoms with van der Waals surface area (Å²) in [5.74, 6) is -0.872. The molecule has 7 heteroatoms. The zero-order valence-electron chi connectivity index (χ0n) is 15.6. The Morgan fingerprint density at radius 1 is 1.14 bits per heavy atom. The highest BCUT2D eigenvalue weighted by atomic mass is 19.4. The number of likely N-dealkylation sites (tertiary alicyclic amines) is 1. The monoisotopic (exact) mass is 392 g/mol. The van der Waals surface area contributed by atoms with E-state index in [4.69, 9.17) is 5.11 Å². The predicted octanol–water partition coefficient (Wildman–Crippen LogP) is 4.78. The maximum Gasteiger partial charge on any atom is 0.416 e. The topological polar surface area (TPSA) is 43.8 Å². The van der Waals surface area contributed by atoms with Crippen molar-refractivity contribution >= 4 is 17.3 Å². The van der Waals surface area contributed by atoms with Gasteiger partial charge in [0.05, 0.1) is 12.1 Å². The Hall–Kier alpha value is -2.54. The van der Waals surface area contributed by atoms with Gasteiger partial charge in [0, 0.05) is 30.0 Å². The molecule has 0 bridgehead atoms. The molecule has 2 atom stereocenters. The standard InChI is InChI=1S/C21H23F3N2O2/c1-15-12-19(10-11-25(15)14-20(27)28)26(17-7-3-2-4-8-17)18-9-5-6-16(13-18)21(22,23)24/h2-9,13,15,19H,10-12,14H2,1H3,(H,27,28). The second kappa shape index (κ2) is 8.22. The molecule has 150 valence electrons. The molecular weight excluding hydrogens is 369 g/mol. The fourth-order valence-electron chi connectivity index (χ4n) is 3.83. The summed E-state index contributed by atoms with van der Waals surface area (Å²) < 4.78 is 39.7. The summed E-state index contributed by atoms with van der Waals surface area (Å²) in [6.07, 6.45) is -3.07. The Balaban J connectivity index is 1.93. The quantitative estimate of drug-likeness (QED) is 0.795. The number of para-hydroxylation sites is 1. The van der Waals surface area contributed by atoms with Crippen LogP contribution in [-0.4, -0.2) is 41.1 Å². The van der Waals surface area contributed by atoms with E-state index in [1.54, 1.807) is 6.07 Å². The first-order valence-corrected chi connectivity index (χ1v) is 9.23. The molecule has 3 rings (SSSR count). The smallest absolute Gasteiger partial charge is 0.416 e. The Bertz CT molecular complexity index is 811. The van der Waals surface area contributed by atoms with Crippen molar-refractivity contribution in [1.29, 1.82) is 0 Å². The molecule has 0 aliphatic carbocycles. The van der Waals surface area contributed by atoms with E-state index >= 15 is 0 Å². The Labute approximate surface area is 162 Å². The molecule has 0 spiro atoms. The molecule has 4 nitrogen and oxygen atoms in total. The number of benzene rings is 2. The molecule has 1 heterocycles. The van der Waals surface area contributed by atoms with Crippen molar-refractivity contribution in [2.45, 2.75) is 38.0 Å². The largest absolute Gasteiger partial charge is 0.480 e. The van der Waals surface area contributed by atoms with Gasteiger partial charge in [-0.3, -0.25) is 9.69 Å². The van der Waals surface area contributed by atoms with Gasteiger partial charge < -0.3 is 10.0 Å². The molecule has 28 heavy (non-hydrogen) atoms. The van der Waals surface area contributed by atoms with Crippen LogP contribution in [0.4, 0.5) is 24.5 Å². The second-order valence-electron chi connectivity index (χ2n) is 7.15. The first kappa shape index (κ1) is 20.2. The molecule has 2 aromatic rings. The van der Waals surface area contributed by atoms with E-state index in [1.807, 2.05) is 47.1 Å². The molecule has 0 radical (unpaired) electrons. The minimum absolute atomic E-state index is 0.0202. The highest BCUT2D eigenvalue weighted by Gasteiger charge is 2.34. The van der Waals surface area contributed by atoms with Gasteiger partial charge in [0.25, 0.3) is 0 Å². The number of nitrogens with zero attached hydrogens (tertiary/aromatic N) is 2. The lowest BCUT2D eigenvalue weighted by atomic mass is 9.95. The van der Waals surface area contributed by atoms with E-state index in [2.05, 4.69) is 0 Å². The van der Waals surface area contributed by atoms with Gasteiger partial charge >= 0.3 is 12.1 Å². The third-order valence-electron chi connectivity index (χ3n) is 5.18. The van der Waals surface area contributed by atoms with Gasteiger partial charge in [0.2, 0.25) is 0 Å². The number of piperidine rings is 1. The minimum Gasteiger partial charge on any atom is -0.480 e. The molecule has 0 amide bonds. The molecule has 2 aromatic carbocycles. The van der Waals surface area contributed by atoms with Gasteiger partial charge in [0.15, 0.2) is 0 Å². The SMILES string of the molecule is CC1CC(N(c2ccccc2)c2cccc(C(F)(F)F)c2)CCN1CC(=O)O. The van der Waals surface area contributed by atoms with Gasteiger partial charge in [-0.1, -0.05) is 24.3 Å². The van der Waals surface area contributed by atoms with Gasteiger partial charge in [-0.2, -0.15) is 13.2 Å². The fraction of sp³-hybridized carbons (Fsp3) is 0.381. The van der Waals surface area contributed by atoms with E-state index in [-0.39, 0.29) is 18.6 Å². The van der Waals surface area contributed by atoms with Crippen molar-refractivity contribution in [2.75, 3.05) is 18.0 Å². The van der Waals surface area contributed by atoms with E-state index in [0.29, 0.717) is 25.1 Å². The number of hydrogen-bond donors (Lipinski definition) is 1. The van der Waals surface area contributed by atoms with Crippen molar-refractivity contribution < 1.29 is 23.1 Å². The van der Waals surface area contributed by atoms with Crippen LogP contribution in [0.5, 0.6) is 0 Å². The second-order valence-corrected chi connectivity index (χ2v) is 7.15. The lowest BCUT2D eigenvalue weighted by Crippen LogP contribution is -2.49. The fourth-order valence-corrected chi connectivity index (χ4v) is 3.83. The Kier molecular flexibility index (Phi) is 5.93. The third kappa shape index (κ3) is 4.65. The zero-order chi connectivity index (χ0) is 20.3. The molecule has 0 saturated carbocycles. The molecule has 1 N–H and O–H groups in total. The summed E-state index contributed by atoms with van der Waals surface area (Å²) in [5, 5.41) is 9.06. The van der Waals surface area contributed by atoms with E-state index in [0.717, 1.165) is 11.8 Å². The lowest BCUT2D eigenvalue weighted by molar-refractivity contribution is -0.139. The molecule has 1 aliphatic heterocycles. The number of anilines is 2. The van der Waals surface area contributed by atoms with Crippen LogP contribution in [0.25, 0.3) is 0 Å². The molecular formula is C21H23F3N2O2. The maximum atomic E-state index is 13.2. The zero-order valence-corrected chi connectivity index (χ0v) is 15.6. The highest BCUT2D eigenvalue weighted by molar-refractivity contribution is 5.69. The number of alkyl halides is 3. The number of hydrogen-bond acceptors (Lipinski definition) is 3. The maximum absolute atomic E-state index is 13.2. The van der Waals surface area contributed by atoms with Crippen LogP contribution < -0.4 is 4.90 Å². The molecule has 0 aromatic heterocycles. The van der Waals surface area contributed by atoms with Gasteiger partial charge in [0.1, 0.15) is 0 Å². The summed E-state index contributed by atoms with van der Waals surface area (Å²) in [4.78, 5) is 14.9. The molecule has 1 fully saturated rings. The van der Waals surface area contributed by atoms with E-state index in [1.165, 1.54) is 12.1 Å². The molecule has 1 saturated heterocycles. The van der Waals surface area contributed by atoms with Gasteiger partial charge in [-0.25, -0.2) is 0 Å². The van der Waals surface area contributed by atoms with E-state index < -0.39 is 17.7 Å². The molecule has 1 aliphatic rings. The van der Waals surface area contributed by atoms with Gasteiger partial charge in [-0.15, -0.1) is 0 Å². The number of rotatable bonds is 5. The number of aliphatic carboxylic acids is 1. The average Bonchev–Trinajstić information content (AvgIpc) is 2.64. The summed E-state index contributed by atoms with van der Waals surface area (Å²) in [6.45, 7) is 2.52. The first-order valence-electron chi connectivity index (χ1n) is 9.23. The summed E-state index contributed by atoms with van der Waals surface area (Å²) in [7, 11) is 0. The Morgan fingerprint density at radius 2 is 1.82 bits per heavy atom. The van der Waals surface area contributed by atoms with Crippen molar-refractivity contribution in [3.63, 3.8) is 0 Å². The van der Waals surface area contributed by atoms with Crippen LogP contribution in [0, 0.1) is 0 Å². The predicted molar refractivity (Wildman–Crippen MR) is 102 cm³/mol. The van der Waals surface area contributed by atoms with Crippen molar-refractivity contribution in [3.05, 3.63) is 60.2 Å². The third-order valence-corrected chi connectivity index (χ3v) is 5.18. The summed E-state index contributed by atoms with van der Waals surface area (Å²) in [6, 6.07) is 14.7. The lowest BCUT2D eigenvalue weighted by Gasteiger charge is -2.43. The van der Waals surface area contributed by atoms with Crippen LogP contribution in [0.1, 0.15) is 25.3 Å².